The number of benzene rings is 1. The Hall–Kier alpha value is -1.82. The topological polar surface area (TPSA) is 70.7 Å². The molecule has 1 fully saturated rings. The number of nitrogens with two attached hydrogens (primary N) is 1. The summed E-state index contributed by atoms with van der Waals surface area (Å²) in [6.45, 7) is 9.06. The van der Waals surface area contributed by atoms with Crippen LogP contribution in [0.4, 0.5) is 4.39 Å². The minimum absolute atomic E-state index is 0.254. The molecule has 5 nitrogen and oxygen atoms in total. The largest absolute Gasteiger partial charge is 0.370 e. The summed E-state index contributed by atoms with van der Waals surface area (Å²) in [5, 5.41) is 3.76. The van der Waals surface area contributed by atoms with Gasteiger partial charge in [-0.25, -0.2) is 4.39 Å². The van der Waals surface area contributed by atoms with Gasteiger partial charge in [-0.2, -0.15) is 0 Å². The van der Waals surface area contributed by atoms with Gasteiger partial charge in [0.25, 0.3) is 0 Å². The summed E-state index contributed by atoms with van der Waals surface area (Å²) in [4.78, 5) is 18.3. The Balaban J connectivity index is 2.15. The lowest BCUT2D eigenvalue weighted by atomic mass is 9.84. The van der Waals surface area contributed by atoms with E-state index in [-0.39, 0.29) is 23.1 Å². The molecule has 1 aliphatic rings. The molecule has 1 aliphatic heterocycles. The molecule has 0 aromatic heterocycles. The van der Waals surface area contributed by atoms with Crippen molar-refractivity contribution in [1.29, 1.82) is 0 Å². The fourth-order valence-corrected chi connectivity index (χ4v) is 3.95. The lowest BCUT2D eigenvalue weighted by molar-refractivity contribution is -0.119. The minimum atomic E-state index is -0.342. The molecule has 27 heavy (non-hydrogen) atoms. The number of carbonyl (C=O) groups is 1. The van der Waals surface area contributed by atoms with Crippen molar-refractivity contribution in [3.63, 3.8) is 0 Å². The van der Waals surface area contributed by atoms with Gasteiger partial charge in [0, 0.05) is 36.5 Å². The van der Waals surface area contributed by atoms with E-state index in [1.54, 1.807) is 6.07 Å². The van der Waals surface area contributed by atoms with Gasteiger partial charge in [0.15, 0.2) is 5.96 Å². The van der Waals surface area contributed by atoms with E-state index in [1.807, 2.05) is 20.8 Å². The number of halogens is 2. The average molecular weight is 397 g/mol. The number of rotatable bonds is 6. The molecular weight excluding hydrogens is 367 g/mol. The molecule has 1 unspecified atom stereocenters. The SMILES string of the molecule is CCNC(=NCC(C)(C)c1ccc(F)cc1Cl)N1CCCC(CC(N)=O)C1. The summed E-state index contributed by atoms with van der Waals surface area (Å²) in [5.41, 5.74) is 5.90. The van der Waals surface area contributed by atoms with Crippen LogP contribution in [0.2, 0.25) is 5.02 Å². The number of nitrogens with zero attached hydrogens (tertiary/aromatic N) is 2. The van der Waals surface area contributed by atoms with E-state index in [9.17, 15) is 9.18 Å². The fraction of sp³-hybridized carbons (Fsp3) is 0.600. The number of aliphatic imine (C=N–C) groups is 1. The van der Waals surface area contributed by atoms with Gasteiger partial charge in [0.05, 0.1) is 6.54 Å². The predicted molar refractivity (Wildman–Crippen MR) is 109 cm³/mol. The molecule has 0 aliphatic carbocycles. The standard InChI is InChI=1S/C20H30ClFN4O/c1-4-24-19(26-9-5-6-14(12-26)10-18(23)27)25-13-20(2,3)16-8-7-15(22)11-17(16)21/h7-8,11,14H,4-6,9-10,12-13H2,1-3H3,(H2,23,27)(H,24,25). The molecule has 1 saturated heterocycles. The van der Waals surface area contributed by atoms with Crippen LogP contribution in [0.5, 0.6) is 0 Å². The zero-order chi connectivity index (χ0) is 20.0. The molecule has 0 saturated carbocycles. The number of hydrogen-bond acceptors (Lipinski definition) is 2. The van der Waals surface area contributed by atoms with E-state index < -0.39 is 0 Å². The molecule has 150 valence electrons. The highest BCUT2D eigenvalue weighted by Gasteiger charge is 2.26. The quantitative estimate of drug-likeness (QED) is 0.572. The van der Waals surface area contributed by atoms with Crippen LogP contribution in [0.1, 0.15) is 45.6 Å². The first-order chi connectivity index (χ1) is 12.7. The average Bonchev–Trinajstić information content (AvgIpc) is 2.58. The zero-order valence-corrected chi connectivity index (χ0v) is 17.2. The van der Waals surface area contributed by atoms with Crippen LogP contribution in [-0.4, -0.2) is 42.9 Å². The first kappa shape index (κ1) is 21.5. The summed E-state index contributed by atoms with van der Waals surface area (Å²) in [6, 6.07) is 4.49. The fourth-order valence-electron chi connectivity index (χ4n) is 3.53. The Morgan fingerprint density at radius 2 is 2.22 bits per heavy atom. The van der Waals surface area contributed by atoms with Crippen LogP contribution >= 0.6 is 11.6 Å². The Kier molecular flexibility index (Phi) is 7.48. The summed E-state index contributed by atoms with van der Waals surface area (Å²) in [6.07, 6.45) is 2.43. The minimum Gasteiger partial charge on any atom is -0.370 e. The van der Waals surface area contributed by atoms with Crippen molar-refractivity contribution in [2.75, 3.05) is 26.2 Å². The maximum absolute atomic E-state index is 13.4. The number of hydrogen-bond donors (Lipinski definition) is 2. The normalized spacial score (nSPS) is 18.5. The smallest absolute Gasteiger partial charge is 0.217 e. The zero-order valence-electron chi connectivity index (χ0n) is 16.4. The highest BCUT2D eigenvalue weighted by atomic mass is 35.5. The Morgan fingerprint density at radius 3 is 2.85 bits per heavy atom. The van der Waals surface area contributed by atoms with Gasteiger partial charge in [-0.3, -0.25) is 9.79 Å². The molecular formula is C20H30ClFN4O. The Bertz CT molecular complexity index is 693. The van der Waals surface area contributed by atoms with Crippen LogP contribution in [0.3, 0.4) is 0 Å². The van der Waals surface area contributed by atoms with E-state index >= 15 is 0 Å². The van der Waals surface area contributed by atoms with Gasteiger partial charge in [-0.15, -0.1) is 0 Å². The number of amides is 1. The molecule has 1 aromatic rings. The molecule has 0 spiro atoms. The first-order valence-electron chi connectivity index (χ1n) is 9.50. The van der Waals surface area contributed by atoms with Crippen molar-refractivity contribution in [3.05, 3.63) is 34.6 Å². The van der Waals surface area contributed by atoms with Gasteiger partial charge in [0.2, 0.25) is 5.91 Å². The van der Waals surface area contributed by atoms with Crippen molar-refractivity contribution in [2.45, 2.75) is 45.4 Å². The summed E-state index contributed by atoms with van der Waals surface area (Å²) in [5.74, 6) is 0.499. The van der Waals surface area contributed by atoms with Crippen molar-refractivity contribution in [2.24, 2.45) is 16.6 Å². The van der Waals surface area contributed by atoms with E-state index in [1.165, 1.54) is 12.1 Å². The molecule has 1 atom stereocenters. The van der Waals surface area contributed by atoms with Crippen molar-refractivity contribution >= 4 is 23.5 Å². The van der Waals surface area contributed by atoms with Crippen LogP contribution in [0, 0.1) is 11.7 Å². The van der Waals surface area contributed by atoms with Gasteiger partial charge < -0.3 is 16.0 Å². The summed E-state index contributed by atoms with van der Waals surface area (Å²) < 4.78 is 13.4. The van der Waals surface area contributed by atoms with Crippen LogP contribution < -0.4 is 11.1 Å². The maximum atomic E-state index is 13.4. The number of guanidine groups is 1. The molecule has 1 aromatic carbocycles. The Labute approximate surface area is 166 Å². The maximum Gasteiger partial charge on any atom is 0.217 e. The molecule has 7 heteroatoms. The van der Waals surface area contributed by atoms with Gasteiger partial charge in [-0.1, -0.05) is 31.5 Å². The van der Waals surface area contributed by atoms with Gasteiger partial charge in [-0.05, 0) is 43.4 Å². The summed E-state index contributed by atoms with van der Waals surface area (Å²) in [7, 11) is 0. The summed E-state index contributed by atoms with van der Waals surface area (Å²) >= 11 is 6.25. The van der Waals surface area contributed by atoms with Gasteiger partial charge >= 0.3 is 0 Å². The van der Waals surface area contributed by atoms with Crippen LogP contribution in [0.15, 0.2) is 23.2 Å². The molecule has 1 heterocycles. The van der Waals surface area contributed by atoms with Crippen molar-refractivity contribution in [1.82, 2.24) is 10.2 Å². The second-order valence-electron chi connectivity index (χ2n) is 7.80. The third-order valence-electron chi connectivity index (χ3n) is 4.93. The first-order valence-corrected chi connectivity index (χ1v) is 9.88. The highest BCUT2D eigenvalue weighted by molar-refractivity contribution is 6.31. The molecule has 0 radical (unpaired) electrons. The second-order valence-corrected chi connectivity index (χ2v) is 8.21. The van der Waals surface area contributed by atoms with E-state index in [0.29, 0.717) is 18.0 Å². The van der Waals surface area contributed by atoms with Crippen molar-refractivity contribution < 1.29 is 9.18 Å². The molecule has 2 rings (SSSR count). The van der Waals surface area contributed by atoms with Crippen LogP contribution in [0.25, 0.3) is 0 Å². The number of likely N-dealkylation sites (tertiary alicyclic amines) is 1. The highest BCUT2D eigenvalue weighted by Crippen LogP contribution is 2.31. The molecule has 1 amide bonds. The monoisotopic (exact) mass is 396 g/mol. The van der Waals surface area contributed by atoms with E-state index in [2.05, 4.69) is 10.2 Å². The van der Waals surface area contributed by atoms with Gasteiger partial charge in [0.1, 0.15) is 5.82 Å². The molecule has 0 bridgehead atoms. The number of piperidine rings is 1. The second kappa shape index (κ2) is 9.40. The third kappa shape index (κ3) is 6.09. The van der Waals surface area contributed by atoms with Crippen LogP contribution in [-0.2, 0) is 10.2 Å². The predicted octanol–water partition coefficient (Wildman–Crippen LogP) is 3.31. The van der Waals surface area contributed by atoms with E-state index in [0.717, 1.165) is 44.0 Å². The lowest BCUT2D eigenvalue weighted by Gasteiger charge is -2.35. The number of primary amides is 1. The van der Waals surface area contributed by atoms with E-state index in [4.69, 9.17) is 22.3 Å². The molecule has 3 N–H and O–H groups in total. The van der Waals surface area contributed by atoms with Crippen molar-refractivity contribution in [3.8, 4) is 0 Å². The number of nitrogens with one attached hydrogen (secondary N) is 1. The number of carbonyl (C=O) groups excluding carboxylic acids is 1. The lowest BCUT2D eigenvalue weighted by Crippen LogP contribution is -2.47. The Morgan fingerprint density at radius 1 is 1.48 bits per heavy atom. The third-order valence-corrected chi connectivity index (χ3v) is 5.24.